The molecule has 0 unspecified atom stereocenters. The molecule has 2 N–H and O–H groups in total. The molecule has 3 rings (SSSR count). The second kappa shape index (κ2) is 3.80. The first-order valence-corrected chi connectivity index (χ1v) is 5.34. The van der Waals surface area contributed by atoms with E-state index in [1.165, 1.54) is 13.2 Å². The molecule has 0 saturated heterocycles. The minimum atomic E-state index is -0.786. The summed E-state index contributed by atoms with van der Waals surface area (Å²) in [6, 6.07) is 4.76. The molecular weight excluding hydrogens is 252 g/mol. The Morgan fingerprint density at radius 3 is 2.84 bits per heavy atom. The van der Waals surface area contributed by atoms with Crippen LogP contribution in [0.5, 0.6) is 5.75 Å². The van der Waals surface area contributed by atoms with Crippen LogP contribution in [0, 0.1) is 5.21 Å². The first-order valence-electron chi connectivity index (χ1n) is 5.34. The third-order valence-electron chi connectivity index (χ3n) is 2.74. The highest BCUT2D eigenvalue weighted by atomic mass is 16.5. The first kappa shape index (κ1) is 11.2. The maximum absolute atomic E-state index is 12.2. The molecule has 0 amide bonds. The van der Waals surface area contributed by atoms with E-state index in [1.54, 1.807) is 12.1 Å². The van der Waals surface area contributed by atoms with E-state index in [4.69, 9.17) is 4.74 Å². The van der Waals surface area contributed by atoms with Gasteiger partial charge in [-0.15, -0.1) is 0 Å². The summed E-state index contributed by atoms with van der Waals surface area (Å²) in [5.41, 5.74) is -1.38. The molecule has 8 heteroatoms. The number of nitrogens with zero attached hydrogens (tertiary/aromatic N) is 2. The number of aromatic amines is 2. The van der Waals surface area contributed by atoms with Crippen molar-refractivity contribution in [1.29, 1.82) is 0 Å². The van der Waals surface area contributed by atoms with Crippen LogP contribution in [0.25, 0.3) is 22.2 Å². The number of aromatic nitrogens is 4. The summed E-state index contributed by atoms with van der Waals surface area (Å²) in [6.07, 6.45) is 0. The molecule has 2 aromatic heterocycles. The number of H-pyrrole nitrogens is 2. The number of nitrogens with one attached hydrogen (secondary N) is 2. The van der Waals surface area contributed by atoms with E-state index in [1.807, 2.05) is 4.98 Å². The predicted molar refractivity (Wildman–Crippen MR) is 66.0 cm³/mol. The highest BCUT2D eigenvalue weighted by Crippen LogP contribution is 2.21. The van der Waals surface area contributed by atoms with Crippen LogP contribution in [0.3, 0.4) is 0 Å². The molecule has 0 aliphatic heterocycles. The summed E-state index contributed by atoms with van der Waals surface area (Å²) in [6.45, 7) is 0. The van der Waals surface area contributed by atoms with Crippen LogP contribution in [0.4, 0.5) is 0 Å². The topological polar surface area (TPSA) is 115 Å². The molecule has 1 aromatic carbocycles. The van der Waals surface area contributed by atoms with Crippen molar-refractivity contribution in [1.82, 2.24) is 15.0 Å². The van der Waals surface area contributed by atoms with Crippen molar-refractivity contribution >= 4 is 22.2 Å². The van der Waals surface area contributed by atoms with E-state index in [-0.39, 0.29) is 22.2 Å². The molecule has 0 spiro atoms. The number of para-hydroxylation sites is 1. The third kappa shape index (κ3) is 1.53. The second-order valence-electron chi connectivity index (χ2n) is 3.84. The summed E-state index contributed by atoms with van der Waals surface area (Å²) in [4.78, 5) is 31.3. The number of benzene rings is 1. The van der Waals surface area contributed by atoms with Crippen LogP contribution < -0.4 is 20.7 Å². The van der Waals surface area contributed by atoms with Crippen LogP contribution in [0.1, 0.15) is 0 Å². The monoisotopic (exact) mass is 260 g/mol. The Labute approximate surface area is 104 Å². The van der Waals surface area contributed by atoms with Crippen molar-refractivity contribution in [2.24, 2.45) is 0 Å². The molecule has 0 bridgehead atoms. The highest BCUT2D eigenvalue weighted by molar-refractivity contribution is 5.83. The fourth-order valence-corrected chi connectivity index (χ4v) is 1.92. The van der Waals surface area contributed by atoms with Gasteiger partial charge in [0.2, 0.25) is 11.2 Å². The van der Waals surface area contributed by atoms with Crippen molar-refractivity contribution in [2.75, 3.05) is 7.11 Å². The summed E-state index contributed by atoms with van der Waals surface area (Å²) in [5, 5.41) is 12.2. The summed E-state index contributed by atoms with van der Waals surface area (Å²) >= 11 is 0. The van der Waals surface area contributed by atoms with Crippen LogP contribution in [0.15, 0.2) is 27.8 Å². The summed E-state index contributed by atoms with van der Waals surface area (Å²) in [7, 11) is 1.44. The van der Waals surface area contributed by atoms with Gasteiger partial charge in [0.15, 0.2) is 11.3 Å². The van der Waals surface area contributed by atoms with Crippen molar-refractivity contribution in [2.45, 2.75) is 0 Å². The second-order valence-corrected chi connectivity index (χ2v) is 3.84. The smallest absolute Gasteiger partial charge is 0.329 e. The van der Waals surface area contributed by atoms with Crippen molar-refractivity contribution in [3.63, 3.8) is 0 Å². The van der Waals surface area contributed by atoms with E-state index in [2.05, 4.69) is 9.97 Å². The lowest BCUT2D eigenvalue weighted by Gasteiger charge is -2.06. The summed E-state index contributed by atoms with van der Waals surface area (Å²) in [5.74, 6) is 0.380. The van der Waals surface area contributed by atoms with E-state index < -0.39 is 11.2 Å². The van der Waals surface area contributed by atoms with Gasteiger partial charge in [-0.3, -0.25) is 14.8 Å². The van der Waals surface area contributed by atoms with E-state index in [9.17, 15) is 14.8 Å². The zero-order chi connectivity index (χ0) is 13.6. The number of methoxy groups -OCH3 is 1. The molecule has 0 aliphatic carbocycles. The molecule has 2 heterocycles. The lowest BCUT2D eigenvalue weighted by Crippen LogP contribution is -2.37. The van der Waals surface area contributed by atoms with Crippen molar-refractivity contribution < 1.29 is 9.47 Å². The Kier molecular flexibility index (Phi) is 2.24. The summed E-state index contributed by atoms with van der Waals surface area (Å²) < 4.78 is 5.52. The Morgan fingerprint density at radius 1 is 1.32 bits per heavy atom. The van der Waals surface area contributed by atoms with E-state index in [0.29, 0.717) is 10.5 Å². The minimum Gasteiger partial charge on any atom is -0.618 e. The van der Waals surface area contributed by atoms with Gasteiger partial charge in [0, 0.05) is 6.07 Å². The molecule has 0 radical (unpaired) electrons. The molecule has 96 valence electrons. The van der Waals surface area contributed by atoms with Gasteiger partial charge in [0.05, 0.1) is 7.11 Å². The van der Waals surface area contributed by atoms with Crippen LogP contribution >= 0.6 is 0 Å². The molecule has 0 fully saturated rings. The highest BCUT2D eigenvalue weighted by Gasteiger charge is 2.18. The normalized spacial score (nSPS) is 11.0. The van der Waals surface area contributed by atoms with Gasteiger partial charge in [-0.05, 0) is 6.07 Å². The number of rotatable bonds is 1. The van der Waals surface area contributed by atoms with Crippen LogP contribution in [0.2, 0.25) is 0 Å². The fraction of sp³-hybridized carbons (Fsp3) is 0.0909. The van der Waals surface area contributed by atoms with Crippen LogP contribution in [-0.2, 0) is 0 Å². The maximum atomic E-state index is 12.2. The molecule has 19 heavy (non-hydrogen) atoms. The number of ether oxygens (including phenoxy) is 1. The minimum absolute atomic E-state index is 0.0826. The van der Waals surface area contributed by atoms with E-state index in [0.717, 1.165) is 0 Å². The standard InChI is InChI=1S/C11H8N4O4/c1-19-6-4-2-3-5-7(6)12-9-8(15(5)18)10(16)14-11(17)13-9/h2-4H,1H3,(H2,12,13,14,16,17). The molecule has 3 aromatic rings. The van der Waals surface area contributed by atoms with Gasteiger partial charge < -0.3 is 9.94 Å². The average Bonchev–Trinajstić information content (AvgIpc) is 2.37. The Balaban J connectivity index is 2.64. The molecule has 0 atom stereocenters. The average molecular weight is 260 g/mol. The van der Waals surface area contributed by atoms with Gasteiger partial charge in [-0.25, -0.2) is 9.78 Å². The van der Waals surface area contributed by atoms with Crippen LogP contribution in [-0.4, -0.2) is 22.1 Å². The quantitative estimate of drug-likeness (QED) is 0.344. The third-order valence-corrected chi connectivity index (χ3v) is 2.74. The lowest BCUT2D eigenvalue weighted by molar-refractivity contribution is -0.549. The molecular formula is C11H8N4O4. The van der Waals surface area contributed by atoms with Gasteiger partial charge in [-0.1, -0.05) is 6.07 Å². The molecule has 0 aliphatic rings. The maximum Gasteiger partial charge on any atom is 0.329 e. The lowest BCUT2D eigenvalue weighted by atomic mass is 10.2. The molecule has 0 saturated carbocycles. The Morgan fingerprint density at radius 2 is 2.11 bits per heavy atom. The van der Waals surface area contributed by atoms with Crippen molar-refractivity contribution in [3.05, 3.63) is 44.2 Å². The Hall–Kier alpha value is -2.90. The van der Waals surface area contributed by atoms with Gasteiger partial charge >= 0.3 is 16.8 Å². The zero-order valence-electron chi connectivity index (χ0n) is 9.76. The Bertz CT molecular complexity index is 912. The van der Waals surface area contributed by atoms with E-state index >= 15 is 0 Å². The number of hydrogen-bond acceptors (Lipinski definition) is 5. The first-order chi connectivity index (χ1) is 9.11. The SMILES string of the molecule is COc1cccc2c1nc1[nH]c(=O)[nH]c(=O)c1[n+]2[O-]. The van der Waals surface area contributed by atoms with Gasteiger partial charge in [-0.2, -0.15) is 4.73 Å². The van der Waals surface area contributed by atoms with Crippen molar-refractivity contribution in [3.8, 4) is 5.75 Å². The number of hydrogen-bond donors (Lipinski definition) is 2. The molecule has 8 nitrogen and oxygen atoms in total. The van der Waals surface area contributed by atoms with Gasteiger partial charge in [0.1, 0.15) is 0 Å². The van der Waals surface area contributed by atoms with Gasteiger partial charge in [0.25, 0.3) is 0 Å². The predicted octanol–water partition coefficient (Wildman–Crippen LogP) is -0.593. The largest absolute Gasteiger partial charge is 0.618 e. The fourth-order valence-electron chi connectivity index (χ4n) is 1.92. The number of fused-ring (bicyclic) bond motifs is 2. The zero-order valence-corrected chi connectivity index (χ0v) is 9.76.